The van der Waals surface area contributed by atoms with Crippen LogP contribution in [0.2, 0.25) is 36.5 Å². The summed E-state index contributed by atoms with van der Waals surface area (Å²) in [6.45, 7) is 10.1. The van der Waals surface area contributed by atoms with E-state index in [1.165, 1.54) is 38.5 Å². The summed E-state index contributed by atoms with van der Waals surface area (Å²) in [6.07, 6.45) is 11.8. The molecule has 0 N–H and O–H groups in total. The van der Waals surface area contributed by atoms with Crippen molar-refractivity contribution in [3.8, 4) is 0 Å². The lowest BCUT2D eigenvalue weighted by atomic mass is 10.2. The number of hydrogen-bond acceptors (Lipinski definition) is 0. The molecule has 0 atom stereocenters. The lowest BCUT2D eigenvalue weighted by molar-refractivity contribution is 0.690. The molecular weight excluding hydrogens is 248 g/mol. The first-order valence-electron chi connectivity index (χ1n) is 8.54. The first-order valence-corrected chi connectivity index (χ1v) is 14.8. The molecule has 0 nitrogen and oxygen atoms in total. The normalized spacial score (nSPS) is 31.3. The Bertz CT molecular complexity index is 197. The summed E-state index contributed by atoms with van der Waals surface area (Å²) in [5, 5.41) is 0. The Morgan fingerprint density at radius 1 is 0.611 bits per heavy atom. The fraction of sp³-hybridized carbons (Fsp3) is 1.00. The summed E-state index contributed by atoms with van der Waals surface area (Å²) in [7, 11) is -1.38. The third-order valence-electron chi connectivity index (χ3n) is 4.97. The molecule has 0 bridgehead atoms. The van der Waals surface area contributed by atoms with Crippen LogP contribution in [0.4, 0.5) is 0 Å². The van der Waals surface area contributed by atoms with Gasteiger partial charge in [0.2, 0.25) is 0 Å². The summed E-state index contributed by atoms with van der Waals surface area (Å²) in [5.74, 6) is 0. The van der Waals surface area contributed by atoms with E-state index in [1.54, 1.807) is 36.3 Å². The van der Waals surface area contributed by atoms with Crippen molar-refractivity contribution in [2.24, 2.45) is 0 Å². The van der Waals surface area contributed by atoms with Gasteiger partial charge in [-0.15, -0.1) is 0 Å². The van der Waals surface area contributed by atoms with E-state index < -0.39 is 16.1 Å². The predicted octanol–water partition coefficient (Wildman–Crippen LogP) is 6.40. The Balaban J connectivity index is 2.11. The smallest absolute Gasteiger partial charge is 0.0452 e. The van der Waals surface area contributed by atoms with E-state index in [0.29, 0.717) is 0 Å². The SMILES string of the molecule is CCCCCC[Si]1(C)C[Si](C)(CCCCCC)C1. The first kappa shape index (κ1) is 16.5. The second kappa shape index (κ2) is 7.89. The summed E-state index contributed by atoms with van der Waals surface area (Å²) in [5.41, 5.74) is 3.55. The van der Waals surface area contributed by atoms with Gasteiger partial charge in [0, 0.05) is 16.1 Å². The maximum absolute atomic E-state index is 2.71. The van der Waals surface area contributed by atoms with Gasteiger partial charge in [-0.05, 0) is 0 Å². The Hall–Kier alpha value is 0.434. The molecule has 0 spiro atoms. The number of unbranched alkanes of at least 4 members (excludes halogenated alkanes) is 6. The molecule has 0 aromatic carbocycles. The van der Waals surface area contributed by atoms with Crippen LogP contribution in [0.25, 0.3) is 0 Å². The van der Waals surface area contributed by atoms with Crippen molar-refractivity contribution >= 4 is 16.1 Å². The Morgan fingerprint density at radius 3 is 1.33 bits per heavy atom. The molecule has 0 radical (unpaired) electrons. The van der Waals surface area contributed by atoms with Crippen molar-refractivity contribution in [2.45, 2.75) is 102 Å². The van der Waals surface area contributed by atoms with Crippen LogP contribution in [-0.2, 0) is 0 Å². The van der Waals surface area contributed by atoms with Gasteiger partial charge in [-0.1, -0.05) is 102 Å². The summed E-state index contributed by atoms with van der Waals surface area (Å²) in [4.78, 5) is 0. The van der Waals surface area contributed by atoms with Crippen LogP contribution in [0.3, 0.4) is 0 Å². The third-order valence-corrected chi connectivity index (χ3v) is 21.8. The van der Waals surface area contributed by atoms with Gasteiger partial charge >= 0.3 is 0 Å². The minimum absolute atomic E-state index is 0.689. The van der Waals surface area contributed by atoms with E-state index in [9.17, 15) is 0 Å². The van der Waals surface area contributed by atoms with Crippen LogP contribution >= 0.6 is 0 Å². The third kappa shape index (κ3) is 5.60. The van der Waals surface area contributed by atoms with E-state index in [2.05, 4.69) is 26.9 Å². The molecule has 1 fully saturated rings. The van der Waals surface area contributed by atoms with Gasteiger partial charge in [0.25, 0.3) is 0 Å². The minimum Gasteiger partial charge on any atom is -0.0696 e. The van der Waals surface area contributed by atoms with Crippen LogP contribution in [0.15, 0.2) is 0 Å². The van der Waals surface area contributed by atoms with Crippen LogP contribution in [0, 0.1) is 0 Å². The lowest BCUT2D eigenvalue weighted by Crippen LogP contribution is -2.59. The molecule has 108 valence electrons. The Labute approximate surface area is 118 Å². The van der Waals surface area contributed by atoms with Gasteiger partial charge in [0.1, 0.15) is 0 Å². The van der Waals surface area contributed by atoms with Crippen molar-refractivity contribution in [3.63, 3.8) is 0 Å². The number of hydrogen-bond donors (Lipinski definition) is 0. The van der Waals surface area contributed by atoms with Crippen LogP contribution in [-0.4, -0.2) is 16.1 Å². The maximum Gasteiger partial charge on any atom is 0.0452 e. The quantitative estimate of drug-likeness (QED) is 0.322. The maximum atomic E-state index is 2.71. The van der Waals surface area contributed by atoms with Crippen molar-refractivity contribution < 1.29 is 0 Å². The van der Waals surface area contributed by atoms with Crippen molar-refractivity contribution in [2.75, 3.05) is 0 Å². The highest BCUT2D eigenvalue weighted by Crippen LogP contribution is 2.46. The van der Waals surface area contributed by atoms with Gasteiger partial charge in [-0.3, -0.25) is 0 Å². The minimum atomic E-state index is -0.689. The van der Waals surface area contributed by atoms with Crippen molar-refractivity contribution in [3.05, 3.63) is 0 Å². The standard InChI is InChI=1S/C16H36Si2/c1-5-7-9-11-13-17(3)15-18(4,16-17)14-12-10-8-6-2/h5-16H2,1-4H3. The molecule has 1 rings (SSSR count). The number of rotatable bonds is 10. The Morgan fingerprint density at radius 2 is 1.00 bits per heavy atom. The predicted molar refractivity (Wildman–Crippen MR) is 90.7 cm³/mol. The highest BCUT2D eigenvalue weighted by atomic mass is 28.5. The monoisotopic (exact) mass is 284 g/mol. The molecule has 0 aliphatic carbocycles. The zero-order valence-electron chi connectivity index (χ0n) is 13.5. The van der Waals surface area contributed by atoms with Crippen LogP contribution in [0.5, 0.6) is 0 Å². The molecular formula is C16H36Si2. The molecule has 18 heavy (non-hydrogen) atoms. The zero-order chi connectivity index (χ0) is 13.5. The van der Waals surface area contributed by atoms with Crippen molar-refractivity contribution in [1.82, 2.24) is 0 Å². The molecule has 1 saturated heterocycles. The first-order chi connectivity index (χ1) is 8.54. The largest absolute Gasteiger partial charge is 0.0696 e. The summed E-state index contributed by atoms with van der Waals surface area (Å²) < 4.78 is 0. The highest BCUT2D eigenvalue weighted by molar-refractivity contribution is 7.12. The zero-order valence-corrected chi connectivity index (χ0v) is 15.5. The van der Waals surface area contributed by atoms with Crippen molar-refractivity contribution in [1.29, 1.82) is 0 Å². The second-order valence-electron chi connectivity index (χ2n) is 7.60. The average Bonchev–Trinajstić information content (AvgIpc) is 2.29. The average molecular weight is 285 g/mol. The summed E-state index contributed by atoms with van der Waals surface area (Å²) in [6, 6.07) is 3.31. The molecule has 1 aliphatic rings. The molecule has 0 aromatic heterocycles. The van der Waals surface area contributed by atoms with E-state index in [1.807, 2.05) is 0 Å². The molecule has 1 heterocycles. The van der Waals surface area contributed by atoms with Gasteiger partial charge in [0.15, 0.2) is 0 Å². The fourth-order valence-electron chi connectivity index (χ4n) is 4.32. The van der Waals surface area contributed by atoms with Crippen LogP contribution in [0.1, 0.15) is 65.2 Å². The molecule has 1 aliphatic heterocycles. The van der Waals surface area contributed by atoms with Gasteiger partial charge in [-0.25, -0.2) is 0 Å². The second-order valence-corrected chi connectivity index (χ2v) is 18.7. The van der Waals surface area contributed by atoms with Crippen LogP contribution < -0.4 is 0 Å². The molecule has 0 aromatic rings. The van der Waals surface area contributed by atoms with E-state index in [4.69, 9.17) is 0 Å². The molecule has 2 heteroatoms. The fourth-order valence-corrected chi connectivity index (χ4v) is 25.4. The molecule has 0 saturated carbocycles. The molecule has 0 amide bonds. The molecule has 0 unspecified atom stereocenters. The van der Waals surface area contributed by atoms with E-state index in [-0.39, 0.29) is 0 Å². The summed E-state index contributed by atoms with van der Waals surface area (Å²) >= 11 is 0. The van der Waals surface area contributed by atoms with Gasteiger partial charge in [-0.2, -0.15) is 0 Å². The Kier molecular flexibility index (Phi) is 7.22. The van der Waals surface area contributed by atoms with E-state index >= 15 is 0 Å². The lowest BCUT2D eigenvalue weighted by Gasteiger charge is -2.51. The topological polar surface area (TPSA) is 0 Å². The van der Waals surface area contributed by atoms with Gasteiger partial charge in [0.05, 0.1) is 0 Å². The highest BCUT2D eigenvalue weighted by Gasteiger charge is 2.50. The van der Waals surface area contributed by atoms with E-state index in [0.717, 1.165) is 0 Å². The van der Waals surface area contributed by atoms with Gasteiger partial charge < -0.3 is 0 Å².